The van der Waals surface area contributed by atoms with Gasteiger partial charge in [0.1, 0.15) is 0 Å². The van der Waals surface area contributed by atoms with Gasteiger partial charge in [-0.15, -0.1) is 0 Å². The molecule has 0 fully saturated rings. The van der Waals surface area contributed by atoms with Crippen molar-refractivity contribution in [2.45, 2.75) is 0 Å². The monoisotopic (exact) mass is 232 g/mol. The molecule has 2 aromatic carbocycles. The minimum absolute atomic E-state index is 0.715. The van der Waals surface area contributed by atoms with Crippen molar-refractivity contribution in [2.24, 2.45) is 0 Å². The average Bonchev–Trinajstić information content (AvgIpc) is 2.48. The standard InChI is InChI=1S/C9H7N.C7H5N/c10-8-4-7-9-5-2-1-3-6-9;8-6-7-4-2-1-3-5-7/h1-7H;1-5H. The van der Waals surface area contributed by atoms with E-state index in [0.717, 1.165) is 5.56 Å². The van der Waals surface area contributed by atoms with Gasteiger partial charge in [-0.3, -0.25) is 0 Å². The Morgan fingerprint density at radius 2 is 1.33 bits per heavy atom. The molecule has 0 amide bonds. The summed E-state index contributed by atoms with van der Waals surface area (Å²) in [5.41, 5.74) is 1.77. The van der Waals surface area contributed by atoms with Gasteiger partial charge in [0.15, 0.2) is 0 Å². The van der Waals surface area contributed by atoms with Gasteiger partial charge in [0, 0.05) is 6.08 Å². The second kappa shape index (κ2) is 8.33. The van der Waals surface area contributed by atoms with Crippen LogP contribution >= 0.6 is 0 Å². The van der Waals surface area contributed by atoms with Crippen molar-refractivity contribution >= 4 is 6.08 Å². The van der Waals surface area contributed by atoms with E-state index in [1.807, 2.05) is 60.7 Å². The lowest BCUT2D eigenvalue weighted by molar-refractivity contribution is 1.49. The molecule has 0 unspecified atom stereocenters. The van der Waals surface area contributed by atoms with Gasteiger partial charge < -0.3 is 0 Å². The van der Waals surface area contributed by atoms with Crippen LogP contribution in [-0.2, 0) is 0 Å². The molecule has 0 saturated carbocycles. The second-order valence-corrected chi connectivity index (χ2v) is 3.35. The highest BCUT2D eigenvalue weighted by Crippen LogP contribution is 1.99. The van der Waals surface area contributed by atoms with E-state index in [9.17, 15) is 0 Å². The highest BCUT2D eigenvalue weighted by atomic mass is 14.2. The zero-order valence-electron chi connectivity index (χ0n) is 9.82. The molecule has 2 aromatic rings. The number of rotatable bonds is 1. The molecule has 86 valence electrons. The molecule has 0 aliphatic heterocycles. The summed E-state index contributed by atoms with van der Waals surface area (Å²) in [7, 11) is 0. The van der Waals surface area contributed by atoms with E-state index >= 15 is 0 Å². The topological polar surface area (TPSA) is 47.6 Å². The smallest absolute Gasteiger partial charge is 0.0991 e. The van der Waals surface area contributed by atoms with Gasteiger partial charge in [-0.2, -0.15) is 10.5 Å². The van der Waals surface area contributed by atoms with Crippen LogP contribution < -0.4 is 0 Å². The average molecular weight is 232 g/mol. The van der Waals surface area contributed by atoms with Crippen molar-refractivity contribution in [3.63, 3.8) is 0 Å². The summed E-state index contributed by atoms with van der Waals surface area (Å²) in [4.78, 5) is 0. The van der Waals surface area contributed by atoms with Gasteiger partial charge in [-0.25, -0.2) is 0 Å². The summed E-state index contributed by atoms with van der Waals surface area (Å²) >= 11 is 0. The molecule has 0 saturated heterocycles. The zero-order valence-corrected chi connectivity index (χ0v) is 9.82. The molecule has 2 heteroatoms. The first-order valence-corrected chi connectivity index (χ1v) is 5.43. The van der Waals surface area contributed by atoms with Crippen molar-refractivity contribution in [1.82, 2.24) is 0 Å². The van der Waals surface area contributed by atoms with Crippen molar-refractivity contribution in [3.8, 4) is 12.1 Å². The van der Waals surface area contributed by atoms with Crippen molar-refractivity contribution in [3.05, 3.63) is 77.9 Å². The van der Waals surface area contributed by atoms with E-state index in [-0.39, 0.29) is 0 Å². The zero-order chi connectivity index (χ0) is 13.1. The number of nitrogens with zero attached hydrogens (tertiary/aromatic N) is 2. The molecule has 0 radical (unpaired) electrons. The highest BCUT2D eigenvalue weighted by Gasteiger charge is 1.80. The van der Waals surface area contributed by atoms with Crippen LogP contribution in [0.15, 0.2) is 66.7 Å². The fourth-order valence-corrected chi connectivity index (χ4v) is 1.21. The Hall–Kier alpha value is -2.84. The van der Waals surface area contributed by atoms with Gasteiger partial charge in [0.05, 0.1) is 17.7 Å². The van der Waals surface area contributed by atoms with Crippen LogP contribution in [0.1, 0.15) is 11.1 Å². The van der Waals surface area contributed by atoms with Crippen molar-refractivity contribution in [1.29, 1.82) is 10.5 Å². The molecule has 18 heavy (non-hydrogen) atoms. The number of hydrogen-bond donors (Lipinski definition) is 0. The Balaban J connectivity index is 0.000000184. The summed E-state index contributed by atoms with van der Waals surface area (Å²) in [6.07, 6.45) is 3.25. The van der Waals surface area contributed by atoms with Gasteiger partial charge in [-0.05, 0) is 23.8 Å². The predicted octanol–water partition coefficient (Wildman–Crippen LogP) is 3.78. The molecule has 0 aromatic heterocycles. The molecule has 2 nitrogen and oxygen atoms in total. The Morgan fingerprint density at radius 3 is 1.78 bits per heavy atom. The van der Waals surface area contributed by atoms with Crippen molar-refractivity contribution in [2.75, 3.05) is 0 Å². The molecule has 0 heterocycles. The van der Waals surface area contributed by atoms with E-state index < -0.39 is 0 Å². The molecule has 2 rings (SSSR count). The lowest BCUT2D eigenvalue weighted by Crippen LogP contribution is -1.66. The van der Waals surface area contributed by atoms with Gasteiger partial charge in [0.25, 0.3) is 0 Å². The van der Waals surface area contributed by atoms with E-state index in [0.29, 0.717) is 5.56 Å². The normalized spacial score (nSPS) is 8.78. The Kier molecular flexibility index (Phi) is 6.12. The lowest BCUT2D eigenvalue weighted by Gasteiger charge is -1.86. The first-order chi connectivity index (χ1) is 8.86. The molecule has 0 atom stereocenters. The summed E-state index contributed by atoms with van der Waals surface area (Å²) in [6, 6.07) is 22.8. The fourth-order valence-electron chi connectivity index (χ4n) is 1.21. The van der Waals surface area contributed by atoms with E-state index in [1.54, 1.807) is 18.2 Å². The largest absolute Gasteiger partial charge is 0.193 e. The van der Waals surface area contributed by atoms with Crippen LogP contribution in [0.3, 0.4) is 0 Å². The molecule has 0 bridgehead atoms. The van der Waals surface area contributed by atoms with Crippen molar-refractivity contribution < 1.29 is 0 Å². The molecule has 0 N–H and O–H groups in total. The quantitative estimate of drug-likeness (QED) is 0.702. The maximum Gasteiger partial charge on any atom is 0.0991 e. The summed E-state index contributed by atoms with van der Waals surface area (Å²) < 4.78 is 0. The van der Waals surface area contributed by atoms with Gasteiger partial charge in [0.2, 0.25) is 0 Å². The Bertz CT molecular complexity index is 558. The number of benzene rings is 2. The van der Waals surface area contributed by atoms with Crippen LogP contribution in [0, 0.1) is 22.7 Å². The van der Waals surface area contributed by atoms with E-state index in [2.05, 4.69) is 0 Å². The third-order valence-corrected chi connectivity index (χ3v) is 2.05. The Morgan fingerprint density at radius 1 is 0.778 bits per heavy atom. The minimum atomic E-state index is 0.715. The second-order valence-electron chi connectivity index (χ2n) is 3.35. The van der Waals surface area contributed by atoms with Gasteiger partial charge in [-0.1, -0.05) is 48.5 Å². The van der Waals surface area contributed by atoms with E-state index in [4.69, 9.17) is 10.5 Å². The van der Waals surface area contributed by atoms with Crippen LogP contribution in [-0.4, -0.2) is 0 Å². The van der Waals surface area contributed by atoms with Crippen LogP contribution in [0.4, 0.5) is 0 Å². The maximum atomic E-state index is 8.29. The molecular weight excluding hydrogens is 220 g/mol. The molecule has 0 aliphatic rings. The number of nitriles is 2. The summed E-state index contributed by atoms with van der Waals surface area (Å²) in [5, 5.41) is 16.5. The lowest BCUT2D eigenvalue weighted by atomic mass is 10.2. The Labute approximate surface area is 107 Å². The summed E-state index contributed by atoms with van der Waals surface area (Å²) in [5.74, 6) is 0. The first-order valence-electron chi connectivity index (χ1n) is 5.43. The van der Waals surface area contributed by atoms with Crippen LogP contribution in [0.25, 0.3) is 6.08 Å². The summed E-state index contributed by atoms with van der Waals surface area (Å²) in [6.45, 7) is 0. The highest BCUT2D eigenvalue weighted by molar-refractivity contribution is 5.51. The SMILES string of the molecule is N#CC=Cc1ccccc1.N#Cc1ccccc1. The number of allylic oxidation sites excluding steroid dienone is 1. The molecule has 0 aliphatic carbocycles. The number of hydrogen-bond acceptors (Lipinski definition) is 2. The third-order valence-electron chi connectivity index (χ3n) is 2.05. The van der Waals surface area contributed by atoms with Crippen LogP contribution in [0.2, 0.25) is 0 Å². The van der Waals surface area contributed by atoms with E-state index in [1.165, 1.54) is 6.08 Å². The molecule has 0 spiro atoms. The minimum Gasteiger partial charge on any atom is -0.193 e. The first kappa shape index (κ1) is 13.2. The van der Waals surface area contributed by atoms with Crippen LogP contribution in [0.5, 0.6) is 0 Å². The maximum absolute atomic E-state index is 8.29. The molecular formula is C16H12N2. The van der Waals surface area contributed by atoms with Gasteiger partial charge >= 0.3 is 0 Å². The fraction of sp³-hybridized carbons (Fsp3) is 0. The third kappa shape index (κ3) is 5.30. The predicted molar refractivity (Wildman–Crippen MR) is 72.2 cm³/mol.